The largest absolute Gasteiger partial charge is 0.492 e. The van der Waals surface area contributed by atoms with E-state index in [1.54, 1.807) is 0 Å². The van der Waals surface area contributed by atoms with Crippen LogP contribution in [0.2, 0.25) is 0 Å². The molecule has 0 aromatic heterocycles. The highest BCUT2D eigenvalue weighted by molar-refractivity contribution is 5.38. The van der Waals surface area contributed by atoms with Crippen molar-refractivity contribution in [1.29, 1.82) is 0 Å². The minimum Gasteiger partial charge on any atom is -0.492 e. The van der Waals surface area contributed by atoms with Crippen LogP contribution in [0.4, 0.5) is 0 Å². The Bertz CT molecular complexity index is 462. The number of piperidine rings is 1. The number of nitrogens with zero attached hydrogens (tertiary/aromatic N) is 1. The number of rotatable bonds is 4. The Morgan fingerprint density at radius 2 is 2.19 bits per heavy atom. The van der Waals surface area contributed by atoms with Gasteiger partial charge in [0.25, 0.3) is 0 Å². The van der Waals surface area contributed by atoms with Crippen LogP contribution < -0.4 is 10.1 Å². The third kappa shape index (κ3) is 3.24. The predicted molar refractivity (Wildman–Crippen MR) is 86.7 cm³/mol. The molecule has 0 radical (unpaired) electrons. The van der Waals surface area contributed by atoms with Crippen LogP contribution in [0.3, 0.4) is 0 Å². The standard InChI is InChI=1S/C18H28N2O/c1-3-10-19-18-15-8-4-5-9-17(15)21-13-16(18)20-11-6-7-14(2)12-20/h4-5,8-9,14,16,18-19H,3,6-7,10-13H2,1-2H3. The van der Waals surface area contributed by atoms with Crippen LogP contribution in [0.1, 0.15) is 44.7 Å². The van der Waals surface area contributed by atoms with Gasteiger partial charge in [0.2, 0.25) is 0 Å². The fraction of sp³-hybridized carbons (Fsp3) is 0.667. The van der Waals surface area contributed by atoms with Crippen LogP contribution in [-0.2, 0) is 0 Å². The zero-order chi connectivity index (χ0) is 14.7. The lowest BCUT2D eigenvalue weighted by atomic mass is 9.91. The number of ether oxygens (including phenoxy) is 1. The Morgan fingerprint density at radius 1 is 1.33 bits per heavy atom. The van der Waals surface area contributed by atoms with E-state index in [-0.39, 0.29) is 0 Å². The van der Waals surface area contributed by atoms with Gasteiger partial charge in [0.1, 0.15) is 12.4 Å². The molecule has 3 nitrogen and oxygen atoms in total. The van der Waals surface area contributed by atoms with Gasteiger partial charge in [0.15, 0.2) is 0 Å². The van der Waals surface area contributed by atoms with E-state index in [2.05, 4.69) is 48.3 Å². The first kappa shape index (κ1) is 14.9. The maximum Gasteiger partial charge on any atom is 0.124 e. The Kier molecular flexibility index (Phi) is 4.81. The molecule has 1 N–H and O–H groups in total. The number of hydrogen-bond acceptors (Lipinski definition) is 3. The van der Waals surface area contributed by atoms with Crippen molar-refractivity contribution in [2.45, 2.75) is 45.2 Å². The third-order valence-electron chi connectivity index (χ3n) is 4.82. The first-order valence-corrected chi connectivity index (χ1v) is 8.48. The molecule has 0 spiro atoms. The van der Waals surface area contributed by atoms with E-state index in [9.17, 15) is 0 Å². The molecule has 21 heavy (non-hydrogen) atoms. The SMILES string of the molecule is CCCNC1c2ccccc2OCC1N1CCCC(C)C1. The second-order valence-corrected chi connectivity index (χ2v) is 6.59. The maximum atomic E-state index is 6.05. The molecule has 1 fully saturated rings. The molecule has 1 aromatic carbocycles. The van der Waals surface area contributed by atoms with Crippen molar-refractivity contribution in [2.24, 2.45) is 5.92 Å². The van der Waals surface area contributed by atoms with Crippen LogP contribution in [0.15, 0.2) is 24.3 Å². The van der Waals surface area contributed by atoms with Crippen molar-refractivity contribution >= 4 is 0 Å². The molecule has 0 amide bonds. The van der Waals surface area contributed by atoms with Crippen molar-refractivity contribution in [3.63, 3.8) is 0 Å². The molecule has 2 aliphatic heterocycles. The second-order valence-electron chi connectivity index (χ2n) is 6.59. The average Bonchev–Trinajstić information content (AvgIpc) is 2.52. The van der Waals surface area contributed by atoms with E-state index in [0.717, 1.165) is 24.8 Å². The Hall–Kier alpha value is -1.06. The van der Waals surface area contributed by atoms with Gasteiger partial charge >= 0.3 is 0 Å². The average molecular weight is 288 g/mol. The maximum absolute atomic E-state index is 6.05. The van der Waals surface area contributed by atoms with Crippen molar-refractivity contribution < 1.29 is 4.74 Å². The van der Waals surface area contributed by atoms with Crippen LogP contribution in [0, 0.1) is 5.92 Å². The second kappa shape index (κ2) is 6.80. The zero-order valence-corrected chi connectivity index (χ0v) is 13.3. The van der Waals surface area contributed by atoms with Crippen molar-refractivity contribution in [1.82, 2.24) is 10.2 Å². The number of fused-ring (bicyclic) bond motifs is 1. The Labute approximate surface area is 128 Å². The monoisotopic (exact) mass is 288 g/mol. The molecule has 3 unspecified atom stereocenters. The number of likely N-dealkylation sites (tertiary alicyclic amines) is 1. The fourth-order valence-corrected chi connectivity index (χ4v) is 3.74. The number of benzene rings is 1. The van der Waals surface area contributed by atoms with Crippen LogP contribution in [0.5, 0.6) is 5.75 Å². The van der Waals surface area contributed by atoms with Gasteiger partial charge in [-0.2, -0.15) is 0 Å². The molecular weight excluding hydrogens is 260 g/mol. The smallest absolute Gasteiger partial charge is 0.124 e. The lowest BCUT2D eigenvalue weighted by molar-refractivity contribution is 0.0548. The first-order chi connectivity index (χ1) is 10.3. The van der Waals surface area contributed by atoms with Gasteiger partial charge in [-0.15, -0.1) is 0 Å². The van der Waals surface area contributed by atoms with Gasteiger partial charge < -0.3 is 10.1 Å². The fourth-order valence-electron chi connectivity index (χ4n) is 3.74. The zero-order valence-electron chi connectivity index (χ0n) is 13.3. The van der Waals surface area contributed by atoms with E-state index >= 15 is 0 Å². The number of hydrogen-bond donors (Lipinski definition) is 1. The summed E-state index contributed by atoms with van der Waals surface area (Å²) < 4.78 is 6.05. The summed E-state index contributed by atoms with van der Waals surface area (Å²) in [6.07, 6.45) is 3.86. The molecule has 116 valence electrons. The summed E-state index contributed by atoms with van der Waals surface area (Å²) in [5.74, 6) is 1.87. The lowest BCUT2D eigenvalue weighted by Gasteiger charge is -2.44. The first-order valence-electron chi connectivity index (χ1n) is 8.48. The molecule has 2 aliphatic rings. The van der Waals surface area contributed by atoms with Gasteiger partial charge in [0.05, 0.1) is 12.1 Å². The normalized spacial score (nSPS) is 29.7. The molecule has 1 aromatic rings. The molecule has 0 saturated carbocycles. The molecule has 1 saturated heterocycles. The van der Waals surface area contributed by atoms with E-state index < -0.39 is 0 Å². The van der Waals surface area contributed by atoms with Crippen molar-refractivity contribution in [2.75, 3.05) is 26.2 Å². The summed E-state index contributed by atoms with van der Waals surface area (Å²) in [6, 6.07) is 9.39. The minimum atomic E-state index is 0.403. The molecule has 3 rings (SSSR count). The summed E-state index contributed by atoms with van der Waals surface area (Å²) in [7, 11) is 0. The third-order valence-corrected chi connectivity index (χ3v) is 4.82. The summed E-state index contributed by atoms with van der Waals surface area (Å²) in [5.41, 5.74) is 1.33. The van der Waals surface area contributed by atoms with Crippen LogP contribution in [0.25, 0.3) is 0 Å². The topological polar surface area (TPSA) is 24.5 Å². The van der Waals surface area contributed by atoms with Gasteiger partial charge in [-0.25, -0.2) is 0 Å². The Morgan fingerprint density at radius 3 is 3.00 bits per heavy atom. The highest BCUT2D eigenvalue weighted by Gasteiger charge is 2.35. The molecule has 3 atom stereocenters. The molecule has 2 heterocycles. The summed E-state index contributed by atoms with van der Waals surface area (Å²) in [5, 5.41) is 3.77. The predicted octanol–water partition coefficient (Wildman–Crippen LogP) is 3.22. The van der Waals surface area contributed by atoms with E-state index in [0.29, 0.717) is 12.1 Å². The molecular formula is C18H28N2O. The van der Waals surface area contributed by atoms with Crippen molar-refractivity contribution in [3.8, 4) is 5.75 Å². The highest BCUT2D eigenvalue weighted by Crippen LogP contribution is 2.35. The summed E-state index contributed by atoms with van der Waals surface area (Å²) >= 11 is 0. The van der Waals surface area contributed by atoms with Crippen LogP contribution >= 0.6 is 0 Å². The van der Waals surface area contributed by atoms with E-state index in [1.165, 1.54) is 37.9 Å². The molecule has 0 bridgehead atoms. The van der Waals surface area contributed by atoms with Gasteiger partial charge in [0, 0.05) is 12.1 Å². The van der Waals surface area contributed by atoms with Crippen LogP contribution in [-0.4, -0.2) is 37.2 Å². The minimum absolute atomic E-state index is 0.403. The summed E-state index contributed by atoms with van der Waals surface area (Å²) in [6.45, 7) is 8.91. The van der Waals surface area contributed by atoms with Gasteiger partial charge in [-0.1, -0.05) is 32.0 Å². The Balaban J connectivity index is 1.82. The molecule has 0 aliphatic carbocycles. The van der Waals surface area contributed by atoms with Crippen molar-refractivity contribution in [3.05, 3.63) is 29.8 Å². The van der Waals surface area contributed by atoms with E-state index in [4.69, 9.17) is 4.74 Å². The number of para-hydroxylation sites is 1. The lowest BCUT2D eigenvalue weighted by Crippen LogP contribution is -2.53. The summed E-state index contributed by atoms with van der Waals surface area (Å²) in [4.78, 5) is 2.65. The highest BCUT2D eigenvalue weighted by atomic mass is 16.5. The van der Waals surface area contributed by atoms with Gasteiger partial charge in [-0.3, -0.25) is 4.90 Å². The van der Waals surface area contributed by atoms with E-state index in [1.807, 2.05) is 0 Å². The van der Waals surface area contributed by atoms with Gasteiger partial charge in [-0.05, 0) is 44.3 Å². The quantitative estimate of drug-likeness (QED) is 0.920. The number of nitrogens with one attached hydrogen (secondary N) is 1. The molecule has 3 heteroatoms.